The lowest BCUT2D eigenvalue weighted by Crippen LogP contribution is -2.29. The van der Waals surface area contributed by atoms with Crippen LogP contribution in [0.1, 0.15) is 69.1 Å². The summed E-state index contributed by atoms with van der Waals surface area (Å²) in [5, 5.41) is 0. The molecule has 2 aliphatic carbocycles. The molecule has 0 N–H and O–H groups in total. The first kappa shape index (κ1) is 16.6. The largest absolute Gasteiger partial charge is 0.0654 e. The van der Waals surface area contributed by atoms with Crippen LogP contribution < -0.4 is 0 Å². The molecular weight excluding hydrogens is 300 g/mol. The molecule has 0 heteroatoms. The second-order valence-corrected chi connectivity index (χ2v) is 8.19. The summed E-state index contributed by atoms with van der Waals surface area (Å²) in [5.74, 6) is 0. The summed E-state index contributed by atoms with van der Waals surface area (Å²) in [7, 11) is 0. The van der Waals surface area contributed by atoms with Crippen LogP contribution in [0.25, 0.3) is 17.2 Å². The van der Waals surface area contributed by atoms with Crippen molar-refractivity contribution < 1.29 is 0 Å². The Morgan fingerprint density at radius 2 is 1.76 bits per heavy atom. The average molecular weight is 331 g/mol. The molecule has 2 aromatic rings. The minimum atomic E-state index is 0.631. The van der Waals surface area contributed by atoms with Crippen LogP contribution in [-0.4, -0.2) is 0 Å². The van der Waals surface area contributed by atoms with Crippen LogP contribution in [0.15, 0.2) is 48.0 Å². The van der Waals surface area contributed by atoms with E-state index in [-0.39, 0.29) is 0 Å². The van der Waals surface area contributed by atoms with E-state index >= 15 is 0 Å². The van der Waals surface area contributed by atoms with E-state index in [4.69, 9.17) is 0 Å². The fraction of sp³-hybridized carbons (Fsp3) is 0.440. The number of aryl methyl sites for hydroxylation is 1. The first-order valence-corrected chi connectivity index (χ1v) is 10.1. The summed E-state index contributed by atoms with van der Waals surface area (Å²) in [4.78, 5) is 0. The topological polar surface area (TPSA) is 0 Å². The van der Waals surface area contributed by atoms with E-state index in [0.717, 1.165) is 6.42 Å². The monoisotopic (exact) mass is 330 g/mol. The Balaban J connectivity index is 1.62. The van der Waals surface area contributed by atoms with Gasteiger partial charge in [-0.15, -0.1) is 0 Å². The minimum Gasteiger partial charge on any atom is -0.0654 e. The van der Waals surface area contributed by atoms with Crippen LogP contribution >= 0.6 is 0 Å². The molecule has 1 saturated carbocycles. The molecule has 0 unspecified atom stereocenters. The quantitative estimate of drug-likeness (QED) is 0.524. The normalized spacial score (nSPS) is 17.8. The zero-order valence-electron chi connectivity index (χ0n) is 15.8. The third-order valence-electron chi connectivity index (χ3n) is 6.43. The van der Waals surface area contributed by atoms with Gasteiger partial charge in [0.2, 0.25) is 0 Å². The number of allylic oxidation sites excluding steroid dienone is 1. The lowest BCUT2D eigenvalue weighted by atomic mass is 9.63. The van der Waals surface area contributed by atoms with E-state index in [9.17, 15) is 0 Å². The third-order valence-corrected chi connectivity index (χ3v) is 6.43. The molecule has 0 aromatic heterocycles. The molecule has 0 radical (unpaired) electrons. The van der Waals surface area contributed by atoms with Gasteiger partial charge >= 0.3 is 0 Å². The van der Waals surface area contributed by atoms with Crippen molar-refractivity contribution in [3.8, 4) is 11.1 Å². The van der Waals surface area contributed by atoms with E-state index in [0.29, 0.717) is 5.41 Å². The fourth-order valence-corrected chi connectivity index (χ4v) is 4.93. The van der Waals surface area contributed by atoms with Gasteiger partial charge in [0, 0.05) is 0 Å². The van der Waals surface area contributed by atoms with Crippen molar-refractivity contribution in [2.45, 2.75) is 65.2 Å². The number of rotatable bonds is 6. The molecular formula is C25H30. The highest BCUT2D eigenvalue weighted by atomic mass is 14.4. The van der Waals surface area contributed by atoms with Gasteiger partial charge in [-0.2, -0.15) is 0 Å². The van der Waals surface area contributed by atoms with Gasteiger partial charge in [-0.1, -0.05) is 80.8 Å². The number of hydrogen-bond acceptors (Lipinski definition) is 0. The van der Waals surface area contributed by atoms with Crippen molar-refractivity contribution in [1.82, 2.24) is 0 Å². The van der Waals surface area contributed by atoms with Gasteiger partial charge in [-0.25, -0.2) is 0 Å². The van der Waals surface area contributed by atoms with Crippen molar-refractivity contribution in [2.75, 3.05) is 0 Å². The molecule has 0 bridgehead atoms. The SMILES string of the molecule is CCCC1(CC2=Cc3c(cccc3-c3ccc(CC)cc3)C2)CCC1. The van der Waals surface area contributed by atoms with E-state index in [1.807, 2.05) is 0 Å². The summed E-state index contributed by atoms with van der Waals surface area (Å²) in [5.41, 5.74) is 9.49. The third kappa shape index (κ3) is 3.19. The van der Waals surface area contributed by atoms with Crippen molar-refractivity contribution in [3.05, 3.63) is 64.7 Å². The average Bonchev–Trinajstić information content (AvgIpc) is 3.02. The minimum absolute atomic E-state index is 0.631. The number of fused-ring (bicyclic) bond motifs is 1. The molecule has 0 nitrogen and oxygen atoms in total. The highest BCUT2D eigenvalue weighted by Crippen LogP contribution is 2.51. The predicted molar refractivity (Wildman–Crippen MR) is 109 cm³/mol. The van der Waals surface area contributed by atoms with E-state index in [1.165, 1.54) is 72.8 Å². The Morgan fingerprint density at radius 1 is 0.960 bits per heavy atom. The molecule has 2 aromatic carbocycles. The predicted octanol–water partition coefficient (Wildman–Crippen LogP) is 7.22. The number of benzene rings is 2. The molecule has 4 rings (SSSR count). The van der Waals surface area contributed by atoms with Crippen molar-refractivity contribution >= 4 is 6.08 Å². The van der Waals surface area contributed by atoms with E-state index < -0.39 is 0 Å². The molecule has 130 valence electrons. The van der Waals surface area contributed by atoms with Gasteiger partial charge in [0.1, 0.15) is 0 Å². The Hall–Kier alpha value is -1.82. The zero-order chi connectivity index (χ0) is 17.3. The van der Waals surface area contributed by atoms with Crippen molar-refractivity contribution in [1.29, 1.82) is 0 Å². The Morgan fingerprint density at radius 3 is 2.40 bits per heavy atom. The Bertz CT molecular complexity index is 772. The second-order valence-electron chi connectivity index (χ2n) is 8.19. The molecule has 2 aliphatic rings. The van der Waals surface area contributed by atoms with Crippen molar-refractivity contribution in [2.24, 2.45) is 5.41 Å². The molecule has 0 amide bonds. The van der Waals surface area contributed by atoms with Crippen LogP contribution in [-0.2, 0) is 12.8 Å². The van der Waals surface area contributed by atoms with Crippen LogP contribution in [0.5, 0.6) is 0 Å². The Labute approximate surface area is 153 Å². The maximum Gasteiger partial charge on any atom is -0.00574 e. The lowest BCUT2D eigenvalue weighted by molar-refractivity contribution is 0.118. The molecule has 25 heavy (non-hydrogen) atoms. The van der Waals surface area contributed by atoms with Gasteiger partial charge in [-0.3, -0.25) is 0 Å². The molecule has 0 spiro atoms. The van der Waals surface area contributed by atoms with Gasteiger partial charge in [-0.05, 0) is 71.8 Å². The smallest absolute Gasteiger partial charge is 0.00574 e. The van der Waals surface area contributed by atoms with Gasteiger partial charge in [0.05, 0.1) is 0 Å². The van der Waals surface area contributed by atoms with Gasteiger partial charge < -0.3 is 0 Å². The highest BCUT2D eigenvalue weighted by molar-refractivity contribution is 5.80. The zero-order valence-corrected chi connectivity index (χ0v) is 15.8. The van der Waals surface area contributed by atoms with E-state index in [1.54, 1.807) is 5.57 Å². The summed E-state index contributed by atoms with van der Waals surface area (Å²) < 4.78 is 0. The van der Waals surface area contributed by atoms with Crippen LogP contribution in [0.2, 0.25) is 0 Å². The first-order valence-electron chi connectivity index (χ1n) is 10.1. The molecule has 1 fully saturated rings. The molecule has 0 atom stereocenters. The summed E-state index contributed by atoms with van der Waals surface area (Å²) in [6.07, 6.45) is 13.2. The van der Waals surface area contributed by atoms with Gasteiger partial charge in [0.25, 0.3) is 0 Å². The molecule has 0 saturated heterocycles. The maximum absolute atomic E-state index is 2.52. The molecule has 0 heterocycles. The fourth-order valence-electron chi connectivity index (χ4n) is 4.93. The standard InChI is InChI=1S/C25H30/c1-3-13-25(14-6-15-25)18-20-16-22-7-5-8-23(24(22)17-20)21-11-9-19(4-2)10-12-21/h5,7-12,17H,3-4,6,13-16,18H2,1-2H3. The maximum atomic E-state index is 2.52. The summed E-state index contributed by atoms with van der Waals surface area (Å²) in [6, 6.07) is 16.0. The van der Waals surface area contributed by atoms with E-state index in [2.05, 4.69) is 62.4 Å². The summed E-state index contributed by atoms with van der Waals surface area (Å²) >= 11 is 0. The Kier molecular flexibility index (Phi) is 4.54. The summed E-state index contributed by atoms with van der Waals surface area (Å²) in [6.45, 7) is 4.56. The van der Waals surface area contributed by atoms with Gasteiger partial charge in [0.15, 0.2) is 0 Å². The lowest BCUT2D eigenvalue weighted by Gasteiger charge is -2.42. The highest BCUT2D eigenvalue weighted by Gasteiger charge is 2.37. The van der Waals surface area contributed by atoms with Crippen LogP contribution in [0.4, 0.5) is 0 Å². The first-order chi connectivity index (χ1) is 12.2. The van der Waals surface area contributed by atoms with Crippen LogP contribution in [0.3, 0.4) is 0 Å². The molecule has 0 aliphatic heterocycles. The van der Waals surface area contributed by atoms with Crippen molar-refractivity contribution in [3.63, 3.8) is 0 Å². The van der Waals surface area contributed by atoms with Crippen LogP contribution in [0, 0.1) is 5.41 Å². The number of hydrogen-bond donors (Lipinski definition) is 0. The second kappa shape index (κ2) is 6.83.